The predicted molar refractivity (Wildman–Crippen MR) is 71.6 cm³/mol. The normalized spacial score (nSPS) is 15.1. The number of nitrogens with one attached hydrogen (secondary N) is 1. The zero-order chi connectivity index (χ0) is 14.0. The van der Waals surface area contributed by atoms with Gasteiger partial charge >= 0.3 is 0 Å². The number of nitrogen functional groups attached to an aromatic ring is 1. The van der Waals surface area contributed by atoms with Crippen molar-refractivity contribution in [3.05, 3.63) is 18.2 Å². The summed E-state index contributed by atoms with van der Waals surface area (Å²) >= 11 is 0. The second kappa shape index (κ2) is 5.13. The van der Waals surface area contributed by atoms with Gasteiger partial charge in [0.25, 0.3) is 0 Å². The molecular formula is C11H19N3O3S. The summed E-state index contributed by atoms with van der Waals surface area (Å²) in [5, 5.41) is 17.4. The molecule has 102 valence electrons. The van der Waals surface area contributed by atoms with E-state index in [4.69, 9.17) is 10.9 Å². The molecule has 0 saturated heterocycles. The molecule has 1 aromatic carbocycles. The fourth-order valence-corrected chi connectivity index (χ4v) is 2.15. The van der Waals surface area contributed by atoms with Crippen LogP contribution in [0.2, 0.25) is 0 Å². The molecule has 0 aliphatic rings. The van der Waals surface area contributed by atoms with Crippen LogP contribution < -0.4 is 16.2 Å². The Morgan fingerprint density at radius 2 is 2.06 bits per heavy atom. The summed E-state index contributed by atoms with van der Waals surface area (Å²) in [4.78, 5) is -0.121. The molecule has 1 aromatic rings. The molecule has 0 spiro atoms. The number of para-hydroxylation sites is 1. The molecule has 0 aliphatic heterocycles. The first-order chi connectivity index (χ1) is 8.23. The van der Waals surface area contributed by atoms with Crippen LogP contribution in [0.5, 0.6) is 0 Å². The van der Waals surface area contributed by atoms with Crippen LogP contribution in [0.4, 0.5) is 11.4 Å². The first-order valence-electron chi connectivity index (χ1n) is 5.54. The highest BCUT2D eigenvalue weighted by atomic mass is 32.2. The van der Waals surface area contributed by atoms with Crippen molar-refractivity contribution in [2.75, 3.05) is 17.7 Å². The van der Waals surface area contributed by atoms with Gasteiger partial charge in [-0.25, -0.2) is 13.6 Å². The van der Waals surface area contributed by atoms with E-state index in [0.29, 0.717) is 12.1 Å². The number of benzene rings is 1. The molecule has 0 radical (unpaired) electrons. The number of rotatable bonds is 5. The fraction of sp³-hybridized carbons (Fsp3) is 0.455. The van der Waals surface area contributed by atoms with Crippen LogP contribution in [0.1, 0.15) is 20.3 Å². The van der Waals surface area contributed by atoms with Gasteiger partial charge in [0.15, 0.2) is 0 Å². The van der Waals surface area contributed by atoms with Crippen molar-refractivity contribution in [1.29, 1.82) is 0 Å². The molecule has 0 bridgehead atoms. The molecule has 7 heteroatoms. The van der Waals surface area contributed by atoms with Crippen LogP contribution >= 0.6 is 0 Å². The minimum absolute atomic E-state index is 0.0631. The quantitative estimate of drug-likeness (QED) is 0.582. The standard InChI is InChI=1S/C11H19N3O3S/c1-3-11(2,7-15)14-8-5-4-6-9(10(8)12)18(13,16)17/h4-6,14-15H,3,7,12H2,1-2H3,(H2,13,16,17). The van der Waals surface area contributed by atoms with Crippen molar-refractivity contribution in [2.24, 2.45) is 5.14 Å². The zero-order valence-electron chi connectivity index (χ0n) is 10.5. The Bertz CT molecular complexity index is 524. The van der Waals surface area contributed by atoms with Gasteiger partial charge in [0.2, 0.25) is 10.0 Å². The van der Waals surface area contributed by atoms with Gasteiger partial charge in [-0.1, -0.05) is 13.0 Å². The van der Waals surface area contributed by atoms with Gasteiger partial charge < -0.3 is 16.2 Å². The lowest BCUT2D eigenvalue weighted by atomic mass is 9.99. The van der Waals surface area contributed by atoms with E-state index in [2.05, 4.69) is 5.32 Å². The maximum atomic E-state index is 11.3. The van der Waals surface area contributed by atoms with E-state index in [1.54, 1.807) is 12.1 Å². The Morgan fingerprint density at radius 1 is 1.44 bits per heavy atom. The lowest BCUT2D eigenvalue weighted by Gasteiger charge is -2.29. The maximum absolute atomic E-state index is 11.3. The van der Waals surface area contributed by atoms with Crippen molar-refractivity contribution >= 4 is 21.4 Å². The van der Waals surface area contributed by atoms with Gasteiger partial charge in [0, 0.05) is 0 Å². The summed E-state index contributed by atoms with van der Waals surface area (Å²) in [5.41, 5.74) is 5.73. The molecule has 6 nitrogen and oxygen atoms in total. The SMILES string of the molecule is CCC(C)(CO)Nc1cccc(S(N)(=O)=O)c1N. The molecule has 0 amide bonds. The Hall–Kier alpha value is -1.31. The van der Waals surface area contributed by atoms with Crippen molar-refractivity contribution in [3.63, 3.8) is 0 Å². The molecule has 0 aromatic heterocycles. The maximum Gasteiger partial charge on any atom is 0.240 e. The third-order valence-electron chi connectivity index (χ3n) is 2.94. The van der Waals surface area contributed by atoms with Crippen LogP contribution in [-0.2, 0) is 10.0 Å². The topological polar surface area (TPSA) is 118 Å². The van der Waals surface area contributed by atoms with Gasteiger partial charge in [-0.3, -0.25) is 0 Å². The molecule has 1 atom stereocenters. The number of nitrogens with two attached hydrogens (primary N) is 2. The Morgan fingerprint density at radius 3 is 2.50 bits per heavy atom. The second-order valence-corrected chi connectivity index (χ2v) is 5.99. The van der Waals surface area contributed by atoms with E-state index in [-0.39, 0.29) is 17.2 Å². The van der Waals surface area contributed by atoms with Crippen LogP contribution in [0.25, 0.3) is 0 Å². The van der Waals surface area contributed by atoms with Crippen molar-refractivity contribution in [3.8, 4) is 0 Å². The van der Waals surface area contributed by atoms with Crippen LogP contribution in [0, 0.1) is 0 Å². The monoisotopic (exact) mass is 273 g/mol. The Labute approximate surface area is 107 Å². The molecule has 1 unspecified atom stereocenters. The highest BCUT2D eigenvalue weighted by Crippen LogP contribution is 2.28. The Kier molecular flexibility index (Phi) is 4.20. The molecule has 6 N–H and O–H groups in total. The average molecular weight is 273 g/mol. The molecule has 0 saturated carbocycles. The van der Waals surface area contributed by atoms with Crippen LogP contribution in [0.3, 0.4) is 0 Å². The van der Waals surface area contributed by atoms with Crippen molar-refractivity contribution in [1.82, 2.24) is 0 Å². The summed E-state index contributed by atoms with van der Waals surface area (Å²) in [5.74, 6) is 0. The number of hydrogen-bond donors (Lipinski definition) is 4. The summed E-state index contributed by atoms with van der Waals surface area (Å²) in [6.45, 7) is 3.63. The summed E-state index contributed by atoms with van der Waals surface area (Å²) in [6, 6.07) is 4.54. The smallest absolute Gasteiger partial charge is 0.240 e. The largest absolute Gasteiger partial charge is 0.396 e. The first kappa shape index (κ1) is 14.7. The minimum Gasteiger partial charge on any atom is -0.396 e. The van der Waals surface area contributed by atoms with E-state index < -0.39 is 15.6 Å². The molecular weight excluding hydrogens is 254 g/mol. The first-order valence-corrected chi connectivity index (χ1v) is 7.08. The number of hydrogen-bond acceptors (Lipinski definition) is 5. The van der Waals surface area contributed by atoms with Gasteiger partial charge in [-0.05, 0) is 25.5 Å². The highest BCUT2D eigenvalue weighted by Gasteiger charge is 2.23. The summed E-state index contributed by atoms with van der Waals surface area (Å²) in [7, 11) is -3.85. The van der Waals surface area contributed by atoms with E-state index in [9.17, 15) is 13.5 Å². The third-order valence-corrected chi connectivity index (χ3v) is 3.91. The highest BCUT2D eigenvalue weighted by molar-refractivity contribution is 7.89. The number of primary sulfonamides is 1. The lowest BCUT2D eigenvalue weighted by molar-refractivity contribution is 0.219. The van der Waals surface area contributed by atoms with Gasteiger partial charge in [0.05, 0.1) is 23.5 Å². The van der Waals surface area contributed by atoms with Gasteiger partial charge in [0.1, 0.15) is 4.90 Å². The second-order valence-electron chi connectivity index (χ2n) is 4.46. The van der Waals surface area contributed by atoms with E-state index in [1.807, 2.05) is 13.8 Å². The fourth-order valence-electron chi connectivity index (χ4n) is 1.47. The average Bonchev–Trinajstić information content (AvgIpc) is 2.30. The number of anilines is 2. The predicted octanol–water partition coefficient (Wildman–Crippen LogP) is 0.489. The molecule has 0 aliphatic carbocycles. The zero-order valence-corrected chi connectivity index (χ0v) is 11.3. The molecule has 1 rings (SSSR count). The molecule has 0 fully saturated rings. The van der Waals surface area contributed by atoms with Crippen LogP contribution in [-0.4, -0.2) is 25.7 Å². The molecule has 0 heterocycles. The van der Waals surface area contributed by atoms with Gasteiger partial charge in [-0.2, -0.15) is 0 Å². The Balaban J connectivity index is 3.21. The van der Waals surface area contributed by atoms with E-state index in [0.717, 1.165) is 0 Å². The molecule has 18 heavy (non-hydrogen) atoms. The van der Waals surface area contributed by atoms with Gasteiger partial charge in [-0.15, -0.1) is 0 Å². The summed E-state index contributed by atoms with van der Waals surface area (Å²) < 4.78 is 22.7. The summed E-state index contributed by atoms with van der Waals surface area (Å²) in [6.07, 6.45) is 0.655. The minimum atomic E-state index is -3.85. The van der Waals surface area contributed by atoms with Crippen LogP contribution in [0.15, 0.2) is 23.1 Å². The van der Waals surface area contributed by atoms with E-state index in [1.165, 1.54) is 6.07 Å². The number of sulfonamides is 1. The van der Waals surface area contributed by atoms with Crippen molar-refractivity contribution in [2.45, 2.75) is 30.7 Å². The van der Waals surface area contributed by atoms with E-state index >= 15 is 0 Å². The lowest BCUT2D eigenvalue weighted by Crippen LogP contribution is -2.38. The third kappa shape index (κ3) is 3.12. The number of aliphatic hydroxyl groups is 1. The van der Waals surface area contributed by atoms with Crippen molar-refractivity contribution < 1.29 is 13.5 Å². The number of aliphatic hydroxyl groups excluding tert-OH is 1.